The molecule has 1 aliphatic heterocycles. The molecule has 1 fully saturated rings. The summed E-state index contributed by atoms with van der Waals surface area (Å²) in [6.07, 6.45) is 1.29. The Morgan fingerprint density at radius 1 is 1.37 bits per heavy atom. The summed E-state index contributed by atoms with van der Waals surface area (Å²) in [4.78, 5) is 14.0. The number of hydrogen-bond donors (Lipinski definition) is 2. The van der Waals surface area contributed by atoms with Crippen molar-refractivity contribution in [2.24, 2.45) is 5.92 Å². The fraction of sp³-hybridized carbons (Fsp3) is 0.533. The third kappa shape index (κ3) is 3.96. The van der Waals surface area contributed by atoms with E-state index < -0.39 is 0 Å². The van der Waals surface area contributed by atoms with Gasteiger partial charge in [-0.25, -0.2) is 0 Å². The van der Waals surface area contributed by atoms with E-state index in [-0.39, 0.29) is 11.8 Å². The normalized spacial score (nSPS) is 17.2. The van der Waals surface area contributed by atoms with Gasteiger partial charge in [-0.3, -0.25) is 4.79 Å². The zero-order valence-corrected chi connectivity index (χ0v) is 11.4. The van der Waals surface area contributed by atoms with Crippen LogP contribution in [-0.2, 0) is 11.2 Å². The van der Waals surface area contributed by atoms with E-state index in [9.17, 15) is 9.90 Å². The molecule has 0 radical (unpaired) electrons. The Hall–Kier alpha value is -1.55. The summed E-state index contributed by atoms with van der Waals surface area (Å²) in [6.45, 7) is 5.45. The minimum absolute atomic E-state index is 0.226. The number of phenols is 1. The summed E-state index contributed by atoms with van der Waals surface area (Å²) < 4.78 is 0. The van der Waals surface area contributed by atoms with Gasteiger partial charge < -0.3 is 15.3 Å². The number of amides is 1. The van der Waals surface area contributed by atoms with E-state index in [2.05, 4.69) is 12.2 Å². The summed E-state index contributed by atoms with van der Waals surface area (Å²) >= 11 is 0. The smallest absolute Gasteiger partial charge is 0.222 e. The molecule has 1 aromatic carbocycles. The van der Waals surface area contributed by atoms with Gasteiger partial charge in [0.05, 0.1) is 0 Å². The molecule has 1 heterocycles. The number of rotatable bonds is 4. The molecular formula is C15H22N2O2. The van der Waals surface area contributed by atoms with Crippen LogP contribution in [0.25, 0.3) is 0 Å². The summed E-state index contributed by atoms with van der Waals surface area (Å²) in [5, 5.41) is 13.0. The van der Waals surface area contributed by atoms with Crippen LogP contribution < -0.4 is 5.32 Å². The second kappa shape index (κ2) is 6.57. The van der Waals surface area contributed by atoms with Crippen molar-refractivity contribution in [3.05, 3.63) is 29.8 Å². The molecule has 1 amide bonds. The highest BCUT2D eigenvalue weighted by atomic mass is 16.3. The van der Waals surface area contributed by atoms with Gasteiger partial charge in [0, 0.05) is 32.6 Å². The first kappa shape index (κ1) is 13.9. The van der Waals surface area contributed by atoms with Gasteiger partial charge in [-0.2, -0.15) is 0 Å². The molecule has 2 N–H and O–H groups in total. The molecule has 1 saturated heterocycles. The molecule has 0 aliphatic carbocycles. The molecule has 4 heteroatoms. The maximum absolute atomic E-state index is 12.1. The number of piperazine rings is 1. The van der Waals surface area contributed by atoms with Gasteiger partial charge >= 0.3 is 0 Å². The van der Waals surface area contributed by atoms with Crippen molar-refractivity contribution in [2.75, 3.05) is 26.2 Å². The fourth-order valence-electron chi connectivity index (χ4n) is 2.47. The van der Waals surface area contributed by atoms with Gasteiger partial charge in [0.1, 0.15) is 5.75 Å². The maximum Gasteiger partial charge on any atom is 0.222 e. The van der Waals surface area contributed by atoms with E-state index in [0.717, 1.165) is 38.2 Å². The average molecular weight is 262 g/mol. The predicted molar refractivity (Wildman–Crippen MR) is 75.0 cm³/mol. The van der Waals surface area contributed by atoms with Crippen LogP contribution in [0.1, 0.15) is 18.9 Å². The van der Waals surface area contributed by atoms with Gasteiger partial charge in [0.25, 0.3) is 0 Å². The summed E-state index contributed by atoms with van der Waals surface area (Å²) in [6, 6.07) is 7.34. The van der Waals surface area contributed by atoms with Gasteiger partial charge in [-0.1, -0.05) is 25.1 Å². The highest BCUT2D eigenvalue weighted by molar-refractivity contribution is 5.76. The average Bonchev–Trinajstić information content (AvgIpc) is 2.42. The number of nitrogens with one attached hydrogen (secondary N) is 1. The van der Waals surface area contributed by atoms with Crippen molar-refractivity contribution in [1.29, 1.82) is 0 Å². The molecule has 4 nitrogen and oxygen atoms in total. The van der Waals surface area contributed by atoms with Crippen molar-refractivity contribution in [1.82, 2.24) is 10.2 Å². The number of phenolic OH excluding ortho intramolecular Hbond substituents is 1. The minimum atomic E-state index is 0.226. The van der Waals surface area contributed by atoms with Crippen LogP contribution in [0, 0.1) is 5.92 Å². The molecule has 19 heavy (non-hydrogen) atoms. The van der Waals surface area contributed by atoms with Crippen molar-refractivity contribution in [3.63, 3.8) is 0 Å². The first-order chi connectivity index (χ1) is 9.16. The van der Waals surface area contributed by atoms with Crippen LogP contribution in [0.2, 0.25) is 0 Å². The third-order valence-corrected chi connectivity index (χ3v) is 3.55. The summed E-state index contributed by atoms with van der Waals surface area (Å²) in [7, 11) is 0. The van der Waals surface area contributed by atoms with Gasteiger partial charge in [0.15, 0.2) is 0 Å². The lowest BCUT2D eigenvalue weighted by Gasteiger charge is -2.28. The molecule has 104 valence electrons. The van der Waals surface area contributed by atoms with E-state index in [1.54, 1.807) is 6.07 Å². The number of para-hydroxylation sites is 1. The molecule has 1 aromatic rings. The topological polar surface area (TPSA) is 52.6 Å². The monoisotopic (exact) mass is 262 g/mol. The van der Waals surface area contributed by atoms with Crippen molar-refractivity contribution in [2.45, 2.75) is 19.8 Å². The largest absolute Gasteiger partial charge is 0.508 e. The summed E-state index contributed by atoms with van der Waals surface area (Å²) in [5.41, 5.74) is 0.920. The maximum atomic E-state index is 12.1. The predicted octanol–water partition coefficient (Wildman–Crippen LogP) is 1.39. The number of benzene rings is 1. The first-order valence-electron chi connectivity index (χ1n) is 6.92. The molecule has 0 saturated carbocycles. The lowest BCUT2D eigenvalue weighted by Crippen LogP contribution is -2.46. The Bertz CT molecular complexity index is 428. The Morgan fingerprint density at radius 2 is 2.05 bits per heavy atom. The van der Waals surface area contributed by atoms with Crippen LogP contribution >= 0.6 is 0 Å². The quantitative estimate of drug-likeness (QED) is 0.862. The SMILES string of the molecule is CC(CC(=O)N1CCNCC1)Cc1ccccc1O. The zero-order chi connectivity index (χ0) is 13.7. The number of carbonyl (C=O) groups excluding carboxylic acids is 1. The van der Waals surface area contributed by atoms with E-state index in [1.807, 2.05) is 23.1 Å². The Kier molecular flexibility index (Phi) is 4.80. The molecule has 0 bridgehead atoms. The lowest BCUT2D eigenvalue weighted by molar-refractivity contribution is -0.132. The van der Waals surface area contributed by atoms with E-state index >= 15 is 0 Å². The minimum Gasteiger partial charge on any atom is -0.508 e. The van der Waals surface area contributed by atoms with Crippen molar-refractivity contribution < 1.29 is 9.90 Å². The Morgan fingerprint density at radius 3 is 2.74 bits per heavy atom. The Balaban J connectivity index is 1.85. The van der Waals surface area contributed by atoms with Crippen molar-refractivity contribution >= 4 is 5.91 Å². The number of nitrogens with zero attached hydrogens (tertiary/aromatic N) is 1. The molecule has 0 aromatic heterocycles. The Labute approximate surface area is 114 Å². The fourth-order valence-corrected chi connectivity index (χ4v) is 2.47. The first-order valence-corrected chi connectivity index (χ1v) is 6.92. The standard InChI is InChI=1S/C15H22N2O2/c1-12(10-13-4-2-3-5-14(13)18)11-15(19)17-8-6-16-7-9-17/h2-5,12,16,18H,6-11H2,1H3. The van der Waals surface area contributed by atoms with Gasteiger partial charge in [0.2, 0.25) is 5.91 Å². The van der Waals surface area contributed by atoms with E-state index in [4.69, 9.17) is 0 Å². The van der Waals surface area contributed by atoms with Crippen LogP contribution in [0.4, 0.5) is 0 Å². The van der Waals surface area contributed by atoms with E-state index in [0.29, 0.717) is 12.2 Å². The van der Waals surface area contributed by atoms with Crippen LogP contribution in [0.3, 0.4) is 0 Å². The van der Waals surface area contributed by atoms with Crippen LogP contribution in [-0.4, -0.2) is 42.1 Å². The third-order valence-electron chi connectivity index (χ3n) is 3.55. The molecule has 1 aliphatic rings. The number of hydrogen-bond acceptors (Lipinski definition) is 3. The second-order valence-electron chi connectivity index (χ2n) is 5.27. The number of aromatic hydroxyl groups is 1. The molecule has 1 atom stereocenters. The molecule has 0 spiro atoms. The van der Waals surface area contributed by atoms with Crippen molar-refractivity contribution in [3.8, 4) is 5.75 Å². The highest BCUT2D eigenvalue weighted by Gasteiger charge is 2.19. The van der Waals surface area contributed by atoms with Crippen LogP contribution in [0.15, 0.2) is 24.3 Å². The lowest BCUT2D eigenvalue weighted by atomic mass is 9.97. The number of carbonyl (C=O) groups is 1. The van der Waals surface area contributed by atoms with E-state index in [1.165, 1.54) is 0 Å². The van der Waals surface area contributed by atoms with Crippen LogP contribution in [0.5, 0.6) is 5.75 Å². The zero-order valence-electron chi connectivity index (χ0n) is 11.4. The molecule has 1 unspecified atom stereocenters. The second-order valence-corrected chi connectivity index (χ2v) is 5.27. The molecular weight excluding hydrogens is 240 g/mol. The van der Waals surface area contributed by atoms with Gasteiger partial charge in [-0.15, -0.1) is 0 Å². The summed E-state index contributed by atoms with van der Waals surface area (Å²) in [5.74, 6) is 0.795. The van der Waals surface area contributed by atoms with Gasteiger partial charge in [-0.05, 0) is 24.0 Å². The highest BCUT2D eigenvalue weighted by Crippen LogP contribution is 2.21. The molecule has 2 rings (SSSR count).